The van der Waals surface area contributed by atoms with Crippen LogP contribution in [0.25, 0.3) is 5.69 Å². The summed E-state index contributed by atoms with van der Waals surface area (Å²) in [5.74, 6) is 0.615. The van der Waals surface area contributed by atoms with Gasteiger partial charge in [-0.3, -0.25) is 4.79 Å². The molecular formula is C16H21N5O2. The number of aromatic nitrogens is 3. The molecule has 7 heteroatoms. The van der Waals surface area contributed by atoms with Crippen LogP contribution in [0.15, 0.2) is 30.3 Å². The molecule has 0 bridgehead atoms. The first-order valence-corrected chi connectivity index (χ1v) is 7.87. The van der Waals surface area contributed by atoms with Gasteiger partial charge in [-0.1, -0.05) is 25.1 Å². The fourth-order valence-corrected chi connectivity index (χ4v) is 2.68. The molecule has 7 nitrogen and oxygen atoms in total. The number of para-hydroxylation sites is 1. The maximum atomic E-state index is 12.3. The number of aliphatic hydroxyl groups excluding tert-OH is 1. The molecule has 1 aromatic carbocycles. The fraction of sp³-hybridized carbons (Fsp3) is 0.438. The molecule has 3 N–H and O–H groups in total. The van der Waals surface area contributed by atoms with Gasteiger partial charge in [-0.15, -0.1) is 5.10 Å². The average molecular weight is 315 g/mol. The van der Waals surface area contributed by atoms with Crippen LogP contribution in [0.4, 0.5) is 0 Å². The summed E-state index contributed by atoms with van der Waals surface area (Å²) in [6.07, 6.45) is 0.261. The molecule has 3 rings (SSSR count). The number of rotatable bonds is 5. The number of nitrogens with zero attached hydrogens (tertiary/aromatic N) is 3. The van der Waals surface area contributed by atoms with Gasteiger partial charge in [0.05, 0.1) is 11.8 Å². The molecule has 0 saturated carbocycles. The Balaban J connectivity index is 1.72. The van der Waals surface area contributed by atoms with Crippen LogP contribution in [-0.4, -0.2) is 51.5 Å². The minimum Gasteiger partial charge on any atom is -0.391 e. The van der Waals surface area contributed by atoms with Crippen molar-refractivity contribution in [2.45, 2.75) is 19.4 Å². The van der Waals surface area contributed by atoms with Crippen molar-refractivity contribution >= 4 is 5.91 Å². The molecule has 2 aromatic rings. The number of aliphatic hydroxyl groups is 1. The Kier molecular flexibility index (Phi) is 4.68. The fourth-order valence-electron chi connectivity index (χ4n) is 2.68. The van der Waals surface area contributed by atoms with Gasteiger partial charge >= 0.3 is 0 Å². The Labute approximate surface area is 134 Å². The van der Waals surface area contributed by atoms with Crippen LogP contribution in [0.5, 0.6) is 0 Å². The third kappa shape index (κ3) is 3.40. The summed E-state index contributed by atoms with van der Waals surface area (Å²) in [5, 5.41) is 20.0. The predicted molar refractivity (Wildman–Crippen MR) is 85.4 cm³/mol. The maximum Gasteiger partial charge on any atom is 0.290 e. The number of amides is 1. The van der Waals surface area contributed by atoms with Crippen molar-refractivity contribution in [2.24, 2.45) is 5.92 Å². The monoisotopic (exact) mass is 315 g/mol. The molecule has 1 aromatic heterocycles. The van der Waals surface area contributed by atoms with Gasteiger partial charge < -0.3 is 15.7 Å². The predicted octanol–water partition coefficient (Wildman–Crippen LogP) is 0.140. The largest absolute Gasteiger partial charge is 0.391 e. The third-order valence-corrected chi connectivity index (χ3v) is 4.02. The van der Waals surface area contributed by atoms with E-state index in [0.29, 0.717) is 26.1 Å². The Morgan fingerprint density at radius 2 is 2.17 bits per heavy atom. The van der Waals surface area contributed by atoms with Gasteiger partial charge in [0.15, 0.2) is 0 Å². The molecule has 2 atom stereocenters. The second kappa shape index (κ2) is 6.89. The lowest BCUT2D eigenvalue weighted by Gasteiger charge is -2.12. The standard InChI is InChI=1S/C16H21N5O2/c1-2-14-19-15(20-21(14)12-6-4-3-5-7-12)16(23)18-9-11-8-17-10-13(11)22/h3-7,11,13,17,22H,2,8-10H2,1H3,(H,18,23). The number of carbonyl (C=O) groups is 1. The number of aryl methyl sites for hydroxylation is 1. The molecule has 1 amide bonds. The summed E-state index contributed by atoms with van der Waals surface area (Å²) in [6, 6.07) is 9.63. The van der Waals surface area contributed by atoms with E-state index in [2.05, 4.69) is 20.7 Å². The van der Waals surface area contributed by atoms with E-state index in [-0.39, 0.29) is 17.6 Å². The molecule has 0 aliphatic carbocycles. The van der Waals surface area contributed by atoms with E-state index < -0.39 is 6.10 Å². The lowest BCUT2D eigenvalue weighted by atomic mass is 10.1. The first-order valence-electron chi connectivity index (χ1n) is 7.87. The van der Waals surface area contributed by atoms with Crippen LogP contribution in [-0.2, 0) is 6.42 Å². The van der Waals surface area contributed by atoms with Crippen LogP contribution in [0, 0.1) is 5.92 Å². The molecule has 122 valence electrons. The SMILES string of the molecule is CCc1nc(C(=O)NCC2CNCC2O)nn1-c1ccccc1. The van der Waals surface area contributed by atoms with E-state index in [1.807, 2.05) is 37.3 Å². The molecule has 1 aliphatic rings. The highest BCUT2D eigenvalue weighted by Crippen LogP contribution is 2.11. The summed E-state index contributed by atoms with van der Waals surface area (Å²) in [6.45, 7) is 3.66. The quantitative estimate of drug-likeness (QED) is 0.730. The van der Waals surface area contributed by atoms with Gasteiger partial charge in [0.1, 0.15) is 5.82 Å². The molecule has 23 heavy (non-hydrogen) atoms. The van der Waals surface area contributed by atoms with Gasteiger partial charge in [0.25, 0.3) is 5.91 Å². The van der Waals surface area contributed by atoms with Crippen LogP contribution in [0.2, 0.25) is 0 Å². The normalized spacial score (nSPS) is 20.6. The highest BCUT2D eigenvalue weighted by molar-refractivity contribution is 5.90. The zero-order valence-corrected chi connectivity index (χ0v) is 13.1. The summed E-state index contributed by atoms with van der Waals surface area (Å²) in [4.78, 5) is 16.6. The molecule has 2 unspecified atom stereocenters. The van der Waals surface area contributed by atoms with E-state index in [1.54, 1.807) is 4.68 Å². The summed E-state index contributed by atoms with van der Waals surface area (Å²) < 4.78 is 1.70. The van der Waals surface area contributed by atoms with Crippen molar-refractivity contribution in [1.29, 1.82) is 0 Å². The second-order valence-electron chi connectivity index (χ2n) is 5.65. The van der Waals surface area contributed by atoms with Gasteiger partial charge in [-0.2, -0.15) is 0 Å². The van der Waals surface area contributed by atoms with Crippen LogP contribution < -0.4 is 10.6 Å². The third-order valence-electron chi connectivity index (χ3n) is 4.02. The average Bonchev–Trinajstić information content (AvgIpc) is 3.19. The number of hydrogen-bond acceptors (Lipinski definition) is 5. The zero-order valence-electron chi connectivity index (χ0n) is 13.1. The minimum absolute atomic E-state index is 0.0285. The topological polar surface area (TPSA) is 92.1 Å². The van der Waals surface area contributed by atoms with Crippen molar-refractivity contribution in [3.05, 3.63) is 42.0 Å². The molecule has 1 saturated heterocycles. The van der Waals surface area contributed by atoms with E-state index in [4.69, 9.17) is 0 Å². The minimum atomic E-state index is -0.420. The van der Waals surface area contributed by atoms with Crippen LogP contribution in [0.3, 0.4) is 0 Å². The van der Waals surface area contributed by atoms with Crippen molar-refractivity contribution in [3.8, 4) is 5.69 Å². The first-order chi connectivity index (χ1) is 11.2. The Morgan fingerprint density at radius 1 is 1.39 bits per heavy atom. The smallest absolute Gasteiger partial charge is 0.290 e. The van der Waals surface area contributed by atoms with Gasteiger partial charge in [0.2, 0.25) is 5.82 Å². The number of benzene rings is 1. The molecule has 1 aliphatic heterocycles. The highest BCUT2D eigenvalue weighted by Gasteiger charge is 2.26. The number of carbonyl (C=O) groups excluding carboxylic acids is 1. The Morgan fingerprint density at radius 3 is 2.83 bits per heavy atom. The van der Waals surface area contributed by atoms with Crippen molar-refractivity contribution in [2.75, 3.05) is 19.6 Å². The lowest BCUT2D eigenvalue weighted by molar-refractivity contribution is 0.0917. The van der Waals surface area contributed by atoms with Crippen molar-refractivity contribution < 1.29 is 9.90 Å². The van der Waals surface area contributed by atoms with Gasteiger partial charge in [0, 0.05) is 32.0 Å². The van der Waals surface area contributed by atoms with E-state index in [0.717, 1.165) is 11.5 Å². The molecule has 2 heterocycles. The summed E-state index contributed by atoms with van der Waals surface area (Å²) >= 11 is 0. The maximum absolute atomic E-state index is 12.3. The van der Waals surface area contributed by atoms with E-state index in [1.165, 1.54) is 0 Å². The number of hydrogen-bond donors (Lipinski definition) is 3. The molecule has 1 fully saturated rings. The Bertz CT molecular complexity index is 670. The molecular weight excluding hydrogens is 294 g/mol. The number of β-amino-alcohol motifs (C(OH)–C–C–N with tert-alkyl or cyclic N) is 1. The summed E-state index contributed by atoms with van der Waals surface area (Å²) in [5.41, 5.74) is 0.881. The van der Waals surface area contributed by atoms with E-state index >= 15 is 0 Å². The van der Waals surface area contributed by atoms with Crippen LogP contribution >= 0.6 is 0 Å². The lowest BCUT2D eigenvalue weighted by Crippen LogP contribution is -2.34. The van der Waals surface area contributed by atoms with Crippen molar-refractivity contribution in [1.82, 2.24) is 25.4 Å². The first kappa shape index (κ1) is 15.6. The highest BCUT2D eigenvalue weighted by atomic mass is 16.3. The molecule has 0 spiro atoms. The van der Waals surface area contributed by atoms with Crippen molar-refractivity contribution in [3.63, 3.8) is 0 Å². The Hall–Kier alpha value is -2.25. The van der Waals surface area contributed by atoms with E-state index in [9.17, 15) is 9.90 Å². The summed E-state index contributed by atoms with van der Waals surface area (Å²) in [7, 11) is 0. The van der Waals surface area contributed by atoms with Crippen LogP contribution in [0.1, 0.15) is 23.4 Å². The van der Waals surface area contributed by atoms with Gasteiger partial charge in [-0.05, 0) is 12.1 Å². The second-order valence-corrected chi connectivity index (χ2v) is 5.65. The number of nitrogens with one attached hydrogen (secondary N) is 2. The zero-order chi connectivity index (χ0) is 16.2. The van der Waals surface area contributed by atoms with Gasteiger partial charge in [-0.25, -0.2) is 9.67 Å². The molecule has 0 radical (unpaired) electrons.